The smallest absolute Gasteiger partial charge is 0.333 e. The van der Waals surface area contributed by atoms with Crippen LogP contribution in [0.2, 0.25) is 0 Å². The number of alkyl halides is 3. The summed E-state index contributed by atoms with van der Waals surface area (Å²) in [6.07, 6.45) is -4.44. The van der Waals surface area contributed by atoms with E-state index < -0.39 is 11.7 Å². The van der Waals surface area contributed by atoms with E-state index in [0.29, 0.717) is 35.7 Å². The first-order valence-corrected chi connectivity index (χ1v) is 10.3. The monoisotopic (exact) mass is 437 g/mol. The van der Waals surface area contributed by atoms with Gasteiger partial charge in [0.15, 0.2) is 0 Å². The second kappa shape index (κ2) is 9.09. The Morgan fingerprint density at radius 1 is 1.13 bits per heavy atom. The van der Waals surface area contributed by atoms with E-state index in [0.717, 1.165) is 17.0 Å². The molecule has 0 radical (unpaired) electrons. The first-order chi connectivity index (χ1) is 14.1. The molecule has 0 saturated carbocycles. The fourth-order valence-electron chi connectivity index (χ4n) is 3.04. The lowest BCUT2D eigenvalue weighted by atomic mass is 10.1. The van der Waals surface area contributed by atoms with Crippen molar-refractivity contribution in [3.63, 3.8) is 0 Å². The van der Waals surface area contributed by atoms with Crippen LogP contribution in [0.5, 0.6) is 0 Å². The molecule has 1 N–H and O–H groups in total. The average molecular weight is 437 g/mol. The highest BCUT2D eigenvalue weighted by Gasteiger charge is 2.30. The number of carbonyl (C=O) groups excluding carboxylic acids is 2. The van der Waals surface area contributed by atoms with Gasteiger partial charge < -0.3 is 15.1 Å². The van der Waals surface area contributed by atoms with Crippen molar-refractivity contribution >= 4 is 29.3 Å². The number of fused-ring (bicyclic) bond motifs is 1. The third-order valence-electron chi connectivity index (χ3n) is 4.59. The Morgan fingerprint density at radius 2 is 1.90 bits per heavy atom. The Hall–Kier alpha value is -2.52. The van der Waals surface area contributed by atoms with Crippen LogP contribution in [0.15, 0.2) is 47.4 Å². The van der Waals surface area contributed by atoms with E-state index in [1.165, 1.54) is 22.7 Å². The first-order valence-electron chi connectivity index (χ1n) is 9.30. The van der Waals surface area contributed by atoms with Crippen LogP contribution < -0.4 is 5.32 Å². The number of benzene rings is 2. The van der Waals surface area contributed by atoms with Gasteiger partial charge in [-0.25, -0.2) is 0 Å². The molecule has 5 nitrogen and oxygen atoms in total. The molecule has 0 aromatic heterocycles. The maximum absolute atomic E-state index is 13.2. The van der Waals surface area contributed by atoms with Gasteiger partial charge in [0, 0.05) is 30.1 Å². The van der Waals surface area contributed by atoms with Gasteiger partial charge >= 0.3 is 6.18 Å². The standard InChI is InChI=1S/C21H22F3N3O2S/c1-26(2)8-9-27(12-14-4-3-5-16(10-14)21(22,23)24)20(29)15-6-7-18-17(11-15)25-19(28)13-30-18/h3-7,10-11H,8-9,12-13H2,1-2H3,(H,25,28). The van der Waals surface area contributed by atoms with Gasteiger partial charge in [0.25, 0.3) is 5.91 Å². The lowest BCUT2D eigenvalue weighted by Crippen LogP contribution is -2.36. The Kier molecular flexibility index (Phi) is 6.72. The second-order valence-corrected chi connectivity index (χ2v) is 8.29. The second-order valence-electron chi connectivity index (χ2n) is 7.28. The van der Waals surface area contributed by atoms with Crippen molar-refractivity contribution in [3.05, 3.63) is 59.2 Å². The highest BCUT2D eigenvalue weighted by molar-refractivity contribution is 8.00. The summed E-state index contributed by atoms with van der Waals surface area (Å²) in [5.41, 5.74) is 0.614. The van der Waals surface area contributed by atoms with E-state index in [2.05, 4.69) is 5.32 Å². The molecule has 2 aromatic rings. The number of amides is 2. The van der Waals surface area contributed by atoms with Crippen molar-refractivity contribution in [3.8, 4) is 0 Å². The normalized spacial score (nSPS) is 13.7. The quantitative estimate of drug-likeness (QED) is 0.744. The van der Waals surface area contributed by atoms with Crippen LogP contribution in [0.25, 0.3) is 0 Å². The molecule has 0 saturated heterocycles. The molecule has 3 rings (SSSR count). The van der Waals surface area contributed by atoms with Crippen molar-refractivity contribution < 1.29 is 22.8 Å². The molecule has 2 aromatic carbocycles. The van der Waals surface area contributed by atoms with E-state index in [9.17, 15) is 22.8 Å². The molecule has 0 spiro atoms. The number of carbonyl (C=O) groups is 2. The highest BCUT2D eigenvalue weighted by atomic mass is 32.2. The van der Waals surface area contributed by atoms with Gasteiger partial charge in [0.05, 0.1) is 17.0 Å². The highest BCUT2D eigenvalue weighted by Crippen LogP contribution is 2.33. The molecule has 1 heterocycles. The number of anilines is 1. The minimum Gasteiger partial charge on any atom is -0.333 e. The fraction of sp³-hybridized carbons (Fsp3) is 0.333. The van der Waals surface area contributed by atoms with Crippen molar-refractivity contribution in [2.75, 3.05) is 38.3 Å². The van der Waals surface area contributed by atoms with E-state index in [4.69, 9.17) is 0 Å². The van der Waals surface area contributed by atoms with Crippen LogP contribution >= 0.6 is 11.8 Å². The largest absolute Gasteiger partial charge is 0.416 e. The number of nitrogens with zero attached hydrogens (tertiary/aromatic N) is 2. The van der Waals surface area contributed by atoms with Gasteiger partial charge in [-0.1, -0.05) is 12.1 Å². The van der Waals surface area contributed by atoms with Crippen LogP contribution in [0, 0.1) is 0 Å². The number of hydrogen-bond donors (Lipinski definition) is 1. The number of nitrogens with one attached hydrogen (secondary N) is 1. The third kappa shape index (κ3) is 5.54. The lowest BCUT2D eigenvalue weighted by Gasteiger charge is -2.26. The predicted molar refractivity (Wildman–Crippen MR) is 111 cm³/mol. The van der Waals surface area contributed by atoms with Crippen LogP contribution in [0.1, 0.15) is 21.5 Å². The molecule has 160 valence electrons. The molecule has 9 heteroatoms. The minimum absolute atomic E-state index is 0.0504. The Balaban J connectivity index is 1.85. The molecule has 30 heavy (non-hydrogen) atoms. The summed E-state index contributed by atoms with van der Waals surface area (Å²) < 4.78 is 39.2. The summed E-state index contributed by atoms with van der Waals surface area (Å²) in [7, 11) is 3.72. The van der Waals surface area contributed by atoms with Crippen LogP contribution in [-0.4, -0.2) is 54.6 Å². The van der Waals surface area contributed by atoms with E-state index in [1.807, 2.05) is 19.0 Å². The number of rotatable bonds is 6. The van der Waals surface area contributed by atoms with Gasteiger partial charge in [0.1, 0.15) is 0 Å². The Labute approximate surface area is 177 Å². The molecule has 0 unspecified atom stereocenters. The molecule has 1 aliphatic rings. The van der Waals surface area contributed by atoms with Crippen molar-refractivity contribution in [1.29, 1.82) is 0 Å². The number of thioether (sulfide) groups is 1. The Bertz CT molecular complexity index is 947. The molecule has 0 atom stereocenters. The molecule has 2 amide bonds. The van der Waals surface area contributed by atoms with Crippen molar-refractivity contribution in [2.45, 2.75) is 17.6 Å². The van der Waals surface area contributed by atoms with E-state index in [-0.39, 0.29) is 18.4 Å². The third-order valence-corrected chi connectivity index (χ3v) is 5.66. The van der Waals surface area contributed by atoms with Gasteiger partial charge in [-0.15, -0.1) is 11.8 Å². The number of hydrogen-bond acceptors (Lipinski definition) is 4. The lowest BCUT2D eigenvalue weighted by molar-refractivity contribution is -0.137. The summed E-state index contributed by atoms with van der Waals surface area (Å²) in [4.78, 5) is 29.1. The number of halogens is 3. The zero-order valence-electron chi connectivity index (χ0n) is 16.6. The van der Waals surface area contributed by atoms with Crippen LogP contribution in [0.4, 0.5) is 18.9 Å². The summed E-state index contributed by atoms with van der Waals surface area (Å²) in [6.45, 7) is 0.956. The maximum atomic E-state index is 13.2. The predicted octanol–water partition coefficient (Wildman–Crippen LogP) is 3.95. The van der Waals surface area contributed by atoms with E-state index in [1.54, 1.807) is 24.3 Å². The molecule has 0 fully saturated rings. The van der Waals surface area contributed by atoms with Crippen LogP contribution in [-0.2, 0) is 17.5 Å². The van der Waals surface area contributed by atoms with Gasteiger partial charge in [-0.3, -0.25) is 9.59 Å². The molecule has 0 bridgehead atoms. The van der Waals surface area contributed by atoms with E-state index >= 15 is 0 Å². The number of likely N-dealkylation sites (N-methyl/N-ethyl adjacent to an activating group) is 1. The SMILES string of the molecule is CN(C)CCN(Cc1cccc(C(F)(F)F)c1)C(=O)c1ccc2c(c1)NC(=O)CS2. The van der Waals surface area contributed by atoms with Crippen molar-refractivity contribution in [1.82, 2.24) is 9.80 Å². The summed E-state index contributed by atoms with van der Waals surface area (Å²) in [5, 5.41) is 2.75. The summed E-state index contributed by atoms with van der Waals surface area (Å²) in [6, 6.07) is 10.1. The maximum Gasteiger partial charge on any atom is 0.416 e. The average Bonchev–Trinajstić information content (AvgIpc) is 2.69. The topological polar surface area (TPSA) is 52.6 Å². The molecule has 1 aliphatic heterocycles. The molecular formula is C21H22F3N3O2S. The minimum atomic E-state index is -4.44. The fourth-order valence-corrected chi connectivity index (χ4v) is 3.83. The summed E-state index contributed by atoms with van der Waals surface area (Å²) in [5.74, 6) is -0.113. The van der Waals surface area contributed by atoms with Gasteiger partial charge in [-0.05, 0) is 50.0 Å². The van der Waals surface area contributed by atoms with Gasteiger partial charge in [-0.2, -0.15) is 13.2 Å². The van der Waals surface area contributed by atoms with Crippen LogP contribution in [0.3, 0.4) is 0 Å². The zero-order valence-corrected chi connectivity index (χ0v) is 17.4. The van der Waals surface area contributed by atoms with Gasteiger partial charge in [0.2, 0.25) is 5.91 Å². The molecule has 0 aliphatic carbocycles. The zero-order chi connectivity index (χ0) is 21.9. The van der Waals surface area contributed by atoms with Crippen molar-refractivity contribution in [2.24, 2.45) is 0 Å². The first kappa shape index (κ1) is 22.2. The molecular weight excluding hydrogens is 415 g/mol. The summed E-state index contributed by atoms with van der Waals surface area (Å²) >= 11 is 1.40. The Morgan fingerprint density at radius 3 is 2.60 bits per heavy atom.